The van der Waals surface area contributed by atoms with Gasteiger partial charge in [0.2, 0.25) is 0 Å². The third-order valence-electron chi connectivity index (χ3n) is 1.47. The van der Waals surface area contributed by atoms with Crippen molar-refractivity contribution in [2.75, 3.05) is 7.11 Å². The van der Waals surface area contributed by atoms with Crippen LogP contribution in [0.15, 0.2) is 0 Å². The predicted molar refractivity (Wildman–Crippen MR) is 45.9 cm³/mol. The number of aliphatic carboxylic acids is 1. The molecule has 0 bridgehead atoms. The first kappa shape index (κ1) is 10.8. The van der Waals surface area contributed by atoms with E-state index in [0.717, 1.165) is 0 Å². The molecular formula is C7H14O3S. The van der Waals surface area contributed by atoms with Crippen LogP contribution in [0.1, 0.15) is 26.2 Å². The first-order valence-corrected chi connectivity index (χ1v) is 3.92. The Balaban J connectivity index is 3.45. The van der Waals surface area contributed by atoms with Crippen LogP contribution >= 0.6 is 12.6 Å². The van der Waals surface area contributed by atoms with Crippen LogP contribution in [-0.4, -0.2) is 23.1 Å². The summed E-state index contributed by atoms with van der Waals surface area (Å²) in [5, 5.41) is 8.32. The highest BCUT2D eigenvalue weighted by molar-refractivity contribution is 7.81. The van der Waals surface area contributed by atoms with Crippen LogP contribution in [0.3, 0.4) is 0 Å². The molecule has 0 amide bonds. The van der Waals surface area contributed by atoms with Crippen LogP contribution < -0.4 is 0 Å². The molecule has 0 aromatic rings. The lowest BCUT2D eigenvalue weighted by atomic mass is 10.1. The summed E-state index contributed by atoms with van der Waals surface area (Å²) in [6, 6.07) is 0. The lowest BCUT2D eigenvalue weighted by molar-refractivity contribution is -0.137. The first-order valence-electron chi connectivity index (χ1n) is 3.47. The smallest absolute Gasteiger partial charge is 0.303 e. The number of hydrogen-bond donors (Lipinski definition) is 2. The van der Waals surface area contributed by atoms with E-state index in [1.165, 1.54) is 0 Å². The van der Waals surface area contributed by atoms with Crippen LogP contribution in [0.5, 0.6) is 0 Å². The molecule has 0 aliphatic rings. The molecule has 0 aromatic heterocycles. The summed E-state index contributed by atoms with van der Waals surface area (Å²) in [6.07, 6.45) is 1.43. The zero-order chi connectivity index (χ0) is 8.91. The van der Waals surface area contributed by atoms with Gasteiger partial charge in [0.05, 0.1) is 0 Å². The van der Waals surface area contributed by atoms with Crippen molar-refractivity contribution < 1.29 is 14.6 Å². The second-order valence-corrected chi connectivity index (χ2v) is 3.57. The Morgan fingerprint density at radius 2 is 2.27 bits per heavy atom. The fraction of sp³-hybridized carbons (Fsp3) is 0.857. The number of hydrogen-bond acceptors (Lipinski definition) is 3. The first-order chi connectivity index (χ1) is 4.98. The minimum atomic E-state index is -0.773. The van der Waals surface area contributed by atoms with Crippen molar-refractivity contribution in [3.05, 3.63) is 0 Å². The Morgan fingerprint density at radius 1 is 1.73 bits per heavy atom. The summed E-state index contributed by atoms with van der Waals surface area (Å²) in [4.78, 5) is 9.62. The standard InChI is InChI=1S/C7H14O3S/c1-7(11,10-2)5-3-4-6(8)9/h11H,3-5H2,1-2H3,(H,8,9). The lowest BCUT2D eigenvalue weighted by Crippen LogP contribution is -2.19. The number of carbonyl (C=O) groups is 1. The molecule has 0 rings (SSSR count). The molecule has 3 nitrogen and oxygen atoms in total. The summed E-state index contributed by atoms with van der Waals surface area (Å²) >= 11 is 4.17. The van der Waals surface area contributed by atoms with Gasteiger partial charge in [-0.25, -0.2) is 0 Å². The van der Waals surface area contributed by atoms with Gasteiger partial charge in [0, 0.05) is 13.5 Å². The molecule has 0 spiro atoms. The number of rotatable bonds is 5. The maximum absolute atomic E-state index is 10.1. The number of methoxy groups -OCH3 is 1. The van der Waals surface area contributed by atoms with Gasteiger partial charge >= 0.3 is 5.97 Å². The van der Waals surface area contributed by atoms with Crippen LogP contribution in [0.25, 0.3) is 0 Å². The molecule has 0 saturated heterocycles. The van der Waals surface area contributed by atoms with Gasteiger partial charge in [-0.05, 0) is 19.8 Å². The molecule has 0 fully saturated rings. The molecule has 0 heterocycles. The fourth-order valence-corrected chi connectivity index (χ4v) is 0.828. The van der Waals surface area contributed by atoms with Gasteiger partial charge in [-0.15, -0.1) is 12.6 Å². The van der Waals surface area contributed by atoms with Crippen LogP contribution in [0.2, 0.25) is 0 Å². The molecule has 1 N–H and O–H groups in total. The Morgan fingerprint density at radius 3 is 2.64 bits per heavy atom. The van der Waals surface area contributed by atoms with Crippen molar-refractivity contribution in [3.8, 4) is 0 Å². The molecule has 11 heavy (non-hydrogen) atoms. The highest BCUT2D eigenvalue weighted by Crippen LogP contribution is 2.21. The largest absolute Gasteiger partial charge is 0.481 e. The summed E-state index contributed by atoms with van der Waals surface area (Å²) in [6.45, 7) is 1.82. The summed E-state index contributed by atoms with van der Waals surface area (Å²) in [5.74, 6) is -0.773. The van der Waals surface area contributed by atoms with Gasteiger partial charge in [0.1, 0.15) is 4.93 Å². The maximum atomic E-state index is 10.1. The van der Waals surface area contributed by atoms with Gasteiger partial charge in [0.25, 0.3) is 0 Å². The molecule has 0 radical (unpaired) electrons. The van der Waals surface area contributed by atoms with Crippen molar-refractivity contribution >= 4 is 18.6 Å². The number of ether oxygens (including phenoxy) is 1. The van der Waals surface area contributed by atoms with E-state index < -0.39 is 10.9 Å². The molecule has 0 aliphatic heterocycles. The zero-order valence-electron chi connectivity index (χ0n) is 6.83. The highest BCUT2D eigenvalue weighted by atomic mass is 32.1. The average Bonchev–Trinajstić information content (AvgIpc) is 1.87. The third-order valence-corrected chi connectivity index (χ3v) is 1.88. The zero-order valence-corrected chi connectivity index (χ0v) is 7.73. The minimum absolute atomic E-state index is 0.180. The van der Waals surface area contributed by atoms with Crippen molar-refractivity contribution in [1.82, 2.24) is 0 Å². The van der Waals surface area contributed by atoms with Crippen molar-refractivity contribution in [1.29, 1.82) is 0 Å². The lowest BCUT2D eigenvalue weighted by Gasteiger charge is -2.20. The van der Waals surface area contributed by atoms with E-state index in [9.17, 15) is 4.79 Å². The molecule has 1 unspecified atom stereocenters. The Kier molecular flexibility index (Phi) is 4.52. The maximum Gasteiger partial charge on any atom is 0.303 e. The van der Waals surface area contributed by atoms with E-state index in [1.807, 2.05) is 6.92 Å². The molecule has 66 valence electrons. The second-order valence-electron chi connectivity index (χ2n) is 2.63. The van der Waals surface area contributed by atoms with Crippen molar-refractivity contribution in [2.45, 2.75) is 31.1 Å². The third kappa shape index (κ3) is 6.19. The second kappa shape index (κ2) is 4.62. The summed E-state index contributed by atoms with van der Waals surface area (Å²) in [5.41, 5.74) is 0. The number of thiol groups is 1. The highest BCUT2D eigenvalue weighted by Gasteiger charge is 2.16. The van der Waals surface area contributed by atoms with Gasteiger partial charge in [-0.2, -0.15) is 0 Å². The normalized spacial score (nSPS) is 15.9. The monoisotopic (exact) mass is 178 g/mol. The molecule has 0 aliphatic carbocycles. The summed E-state index contributed by atoms with van der Waals surface area (Å²) in [7, 11) is 1.56. The predicted octanol–water partition coefficient (Wildman–Crippen LogP) is 1.53. The Labute approximate surface area is 72.2 Å². The SMILES string of the molecule is COC(C)(S)CCCC(=O)O. The van der Waals surface area contributed by atoms with E-state index in [0.29, 0.717) is 12.8 Å². The average molecular weight is 178 g/mol. The van der Waals surface area contributed by atoms with Crippen molar-refractivity contribution in [2.24, 2.45) is 0 Å². The molecule has 0 saturated carbocycles. The molecular weight excluding hydrogens is 164 g/mol. The molecule has 0 aromatic carbocycles. The van der Waals surface area contributed by atoms with E-state index in [1.54, 1.807) is 7.11 Å². The topological polar surface area (TPSA) is 46.5 Å². The minimum Gasteiger partial charge on any atom is -0.481 e. The van der Waals surface area contributed by atoms with Gasteiger partial charge in [0.15, 0.2) is 0 Å². The summed E-state index contributed by atoms with van der Waals surface area (Å²) < 4.78 is 4.99. The number of carboxylic acids is 1. The molecule has 1 atom stereocenters. The van der Waals surface area contributed by atoms with Gasteiger partial charge in [-0.3, -0.25) is 4.79 Å². The van der Waals surface area contributed by atoms with Crippen LogP contribution in [0, 0.1) is 0 Å². The number of carboxylic acid groups (broad SMARTS) is 1. The Bertz CT molecular complexity index is 134. The van der Waals surface area contributed by atoms with E-state index in [2.05, 4.69) is 12.6 Å². The van der Waals surface area contributed by atoms with E-state index in [4.69, 9.17) is 9.84 Å². The fourth-order valence-electron chi connectivity index (χ4n) is 0.670. The molecule has 4 heteroatoms. The van der Waals surface area contributed by atoms with Crippen LogP contribution in [-0.2, 0) is 9.53 Å². The van der Waals surface area contributed by atoms with E-state index in [-0.39, 0.29) is 6.42 Å². The Hall–Kier alpha value is -0.220. The quantitative estimate of drug-likeness (QED) is 0.496. The van der Waals surface area contributed by atoms with Crippen molar-refractivity contribution in [3.63, 3.8) is 0 Å². The van der Waals surface area contributed by atoms with Gasteiger partial charge < -0.3 is 9.84 Å². The van der Waals surface area contributed by atoms with Crippen LogP contribution in [0.4, 0.5) is 0 Å². The van der Waals surface area contributed by atoms with E-state index >= 15 is 0 Å². The van der Waals surface area contributed by atoms with Gasteiger partial charge in [-0.1, -0.05) is 0 Å².